The highest BCUT2D eigenvalue weighted by Crippen LogP contribution is 2.24. The number of primary amides is 1. The lowest BCUT2D eigenvalue weighted by Gasteiger charge is -2.09. The molecule has 0 atom stereocenters. The lowest BCUT2D eigenvalue weighted by Crippen LogP contribution is -2.12. The third kappa shape index (κ3) is 3.87. The number of benzene rings is 3. The van der Waals surface area contributed by atoms with Gasteiger partial charge in [-0.15, -0.1) is 0 Å². The summed E-state index contributed by atoms with van der Waals surface area (Å²) in [7, 11) is 0. The monoisotopic (exact) mass is 347 g/mol. The maximum atomic E-state index is 11.2. The topological polar surface area (TPSA) is 98.3 Å². The van der Waals surface area contributed by atoms with Crippen LogP contribution < -0.4 is 11.1 Å². The van der Waals surface area contributed by atoms with E-state index in [-0.39, 0.29) is 17.8 Å². The predicted molar refractivity (Wildman–Crippen MR) is 101 cm³/mol. The first-order valence-electron chi connectivity index (χ1n) is 8.01. The molecule has 0 heterocycles. The molecule has 0 bridgehead atoms. The molecule has 6 heteroatoms. The van der Waals surface area contributed by atoms with Gasteiger partial charge in [0.15, 0.2) is 0 Å². The second-order valence-electron chi connectivity index (χ2n) is 5.76. The van der Waals surface area contributed by atoms with Crippen molar-refractivity contribution in [1.29, 1.82) is 0 Å². The highest BCUT2D eigenvalue weighted by molar-refractivity contribution is 5.93. The molecule has 0 aromatic heterocycles. The molecule has 0 unspecified atom stereocenters. The van der Waals surface area contributed by atoms with E-state index in [1.807, 2.05) is 54.6 Å². The van der Waals surface area contributed by atoms with Crippen LogP contribution in [0.2, 0.25) is 0 Å². The van der Waals surface area contributed by atoms with E-state index in [1.54, 1.807) is 6.07 Å². The summed E-state index contributed by atoms with van der Waals surface area (Å²) in [6.45, 7) is 0.264. The Morgan fingerprint density at radius 3 is 2.23 bits per heavy atom. The molecule has 3 aromatic rings. The minimum absolute atomic E-state index is 0.118. The Kier molecular flexibility index (Phi) is 4.94. The largest absolute Gasteiger partial charge is 0.381 e. The van der Waals surface area contributed by atoms with Gasteiger partial charge in [-0.05, 0) is 35.4 Å². The maximum absolute atomic E-state index is 11.2. The Balaban J connectivity index is 1.75. The molecule has 26 heavy (non-hydrogen) atoms. The molecule has 1 amide bonds. The fourth-order valence-electron chi connectivity index (χ4n) is 2.64. The van der Waals surface area contributed by atoms with Crippen LogP contribution in [0.5, 0.6) is 0 Å². The molecule has 0 spiro atoms. The number of nitro benzene ring substituents is 1. The summed E-state index contributed by atoms with van der Waals surface area (Å²) in [6.07, 6.45) is 0. The zero-order chi connectivity index (χ0) is 18.5. The smallest absolute Gasteiger partial charge is 0.275 e. The standard InChI is InChI=1S/C20H17N3O3/c21-20(24)16-6-7-17(19(12-16)23(25)26)13-22-18-10-8-15(9-11-18)14-4-2-1-3-5-14/h1-12,22H,13H2,(H2,21,24). The number of rotatable bonds is 6. The number of amides is 1. The molecule has 0 saturated heterocycles. The number of hydrogen-bond acceptors (Lipinski definition) is 4. The number of carbonyl (C=O) groups excluding carboxylic acids is 1. The predicted octanol–water partition coefficient (Wildman–Crippen LogP) is 3.97. The highest BCUT2D eigenvalue weighted by atomic mass is 16.6. The number of carbonyl (C=O) groups is 1. The average Bonchev–Trinajstić information content (AvgIpc) is 2.67. The molecule has 3 rings (SSSR count). The number of nitrogens with one attached hydrogen (secondary N) is 1. The summed E-state index contributed by atoms with van der Waals surface area (Å²) in [5, 5.41) is 14.4. The van der Waals surface area contributed by atoms with E-state index in [0.717, 1.165) is 16.8 Å². The van der Waals surface area contributed by atoms with Gasteiger partial charge in [-0.1, -0.05) is 42.5 Å². The Bertz CT molecular complexity index is 938. The SMILES string of the molecule is NC(=O)c1ccc(CNc2ccc(-c3ccccc3)cc2)c([N+](=O)[O-])c1. The number of anilines is 1. The third-order valence-electron chi connectivity index (χ3n) is 4.04. The Hall–Kier alpha value is -3.67. The quantitative estimate of drug-likeness (QED) is 0.520. The van der Waals surface area contributed by atoms with E-state index < -0.39 is 10.8 Å². The minimum Gasteiger partial charge on any atom is -0.381 e. The Morgan fingerprint density at radius 1 is 0.962 bits per heavy atom. The highest BCUT2D eigenvalue weighted by Gasteiger charge is 2.16. The van der Waals surface area contributed by atoms with Crippen LogP contribution in [0, 0.1) is 10.1 Å². The number of nitrogens with zero attached hydrogens (tertiary/aromatic N) is 1. The average molecular weight is 347 g/mol. The second-order valence-corrected chi connectivity index (χ2v) is 5.76. The zero-order valence-electron chi connectivity index (χ0n) is 13.9. The van der Waals surface area contributed by atoms with Gasteiger partial charge in [0.05, 0.1) is 4.92 Å². The molecule has 130 valence electrons. The van der Waals surface area contributed by atoms with Gasteiger partial charge in [-0.2, -0.15) is 0 Å². The van der Waals surface area contributed by atoms with Crippen LogP contribution in [-0.4, -0.2) is 10.8 Å². The van der Waals surface area contributed by atoms with Gasteiger partial charge in [-0.3, -0.25) is 14.9 Å². The van der Waals surface area contributed by atoms with Crippen molar-refractivity contribution in [3.05, 3.63) is 94.0 Å². The summed E-state index contributed by atoms with van der Waals surface area (Å²) in [5.74, 6) is -0.691. The number of hydrogen-bond donors (Lipinski definition) is 2. The molecule has 6 nitrogen and oxygen atoms in total. The van der Waals surface area contributed by atoms with Gasteiger partial charge in [0.1, 0.15) is 0 Å². The van der Waals surface area contributed by atoms with Crippen LogP contribution in [0.15, 0.2) is 72.8 Å². The van der Waals surface area contributed by atoms with Crippen molar-refractivity contribution in [3.8, 4) is 11.1 Å². The maximum Gasteiger partial charge on any atom is 0.275 e. The van der Waals surface area contributed by atoms with E-state index in [1.165, 1.54) is 12.1 Å². The lowest BCUT2D eigenvalue weighted by molar-refractivity contribution is -0.385. The summed E-state index contributed by atoms with van der Waals surface area (Å²) >= 11 is 0. The van der Waals surface area contributed by atoms with E-state index in [4.69, 9.17) is 5.73 Å². The molecule has 0 fully saturated rings. The van der Waals surface area contributed by atoms with Crippen molar-refractivity contribution in [1.82, 2.24) is 0 Å². The molecule has 3 aromatic carbocycles. The van der Waals surface area contributed by atoms with E-state index in [9.17, 15) is 14.9 Å². The molecule has 0 aliphatic carbocycles. The molecule has 0 saturated carbocycles. The van der Waals surface area contributed by atoms with Crippen molar-refractivity contribution in [2.45, 2.75) is 6.54 Å². The fourth-order valence-corrected chi connectivity index (χ4v) is 2.64. The molecule has 0 aliphatic heterocycles. The van der Waals surface area contributed by atoms with Crippen molar-refractivity contribution in [2.24, 2.45) is 5.73 Å². The van der Waals surface area contributed by atoms with Gasteiger partial charge in [0, 0.05) is 29.4 Å². The third-order valence-corrected chi connectivity index (χ3v) is 4.04. The summed E-state index contributed by atoms with van der Waals surface area (Å²) < 4.78 is 0. The molecule has 3 N–H and O–H groups in total. The van der Waals surface area contributed by atoms with Crippen molar-refractivity contribution in [2.75, 3.05) is 5.32 Å². The van der Waals surface area contributed by atoms with Crippen LogP contribution in [0.3, 0.4) is 0 Å². The molecular formula is C20H17N3O3. The van der Waals surface area contributed by atoms with Gasteiger partial charge in [-0.25, -0.2) is 0 Å². The summed E-state index contributed by atoms with van der Waals surface area (Å²) in [5.41, 5.74) is 8.71. The zero-order valence-corrected chi connectivity index (χ0v) is 13.9. The normalized spacial score (nSPS) is 10.3. The van der Waals surface area contributed by atoms with Crippen LogP contribution in [-0.2, 0) is 6.54 Å². The fraction of sp³-hybridized carbons (Fsp3) is 0.0500. The van der Waals surface area contributed by atoms with E-state index in [2.05, 4.69) is 5.32 Å². The first-order valence-corrected chi connectivity index (χ1v) is 8.01. The Labute approximate surface area is 150 Å². The second kappa shape index (κ2) is 7.48. The molecule has 0 aliphatic rings. The van der Waals surface area contributed by atoms with Gasteiger partial charge in [0.2, 0.25) is 5.91 Å². The minimum atomic E-state index is -0.691. The van der Waals surface area contributed by atoms with Crippen LogP contribution >= 0.6 is 0 Å². The first-order chi connectivity index (χ1) is 12.5. The van der Waals surface area contributed by atoms with Crippen molar-refractivity contribution in [3.63, 3.8) is 0 Å². The van der Waals surface area contributed by atoms with Crippen LogP contribution in [0.4, 0.5) is 11.4 Å². The lowest BCUT2D eigenvalue weighted by atomic mass is 10.1. The molecule has 0 radical (unpaired) electrons. The van der Waals surface area contributed by atoms with Crippen molar-refractivity contribution < 1.29 is 9.72 Å². The first kappa shape index (κ1) is 17.2. The van der Waals surface area contributed by atoms with Gasteiger partial charge >= 0.3 is 0 Å². The van der Waals surface area contributed by atoms with Crippen LogP contribution in [0.25, 0.3) is 11.1 Å². The van der Waals surface area contributed by atoms with Crippen molar-refractivity contribution >= 4 is 17.3 Å². The van der Waals surface area contributed by atoms with E-state index in [0.29, 0.717) is 5.56 Å². The molecular weight excluding hydrogens is 330 g/mol. The van der Waals surface area contributed by atoms with Gasteiger partial charge in [0.25, 0.3) is 5.69 Å². The number of nitro groups is 1. The number of nitrogens with two attached hydrogens (primary N) is 1. The van der Waals surface area contributed by atoms with Gasteiger partial charge < -0.3 is 11.1 Å². The Morgan fingerprint density at radius 2 is 1.62 bits per heavy atom. The summed E-state index contributed by atoms with van der Waals surface area (Å²) in [6, 6.07) is 22.1. The van der Waals surface area contributed by atoms with E-state index >= 15 is 0 Å². The van der Waals surface area contributed by atoms with Crippen LogP contribution in [0.1, 0.15) is 15.9 Å². The summed E-state index contributed by atoms with van der Waals surface area (Å²) in [4.78, 5) is 21.9.